The molecule has 1 aliphatic carbocycles. The Morgan fingerprint density at radius 3 is 2.81 bits per heavy atom. The van der Waals surface area contributed by atoms with Crippen molar-refractivity contribution in [2.45, 2.75) is 83.8 Å². The Kier molecular flexibility index (Phi) is 4.93. The van der Waals surface area contributed by atoms with Crippen molar-refractivity contribution in [1.29, 1.82) is 0 Å². The van der Waals surface area contributed by atoms with Crippen LogP contribution in [0, 0.1) is 0 Å². The molecule has 2 aromatic heterocycles. The van der Waals surface area contributed by atoms with Crippen LogP contribution in [0.15, 0.2) is 21.5 Å². The third-order valence-electron chi connectivity index (χ3n) is 5.90. The summed E-state index contributed by atoms with van der Waals surface area (Å²) in [7, 11) is 0. The van der Waals surface area contributed by atoms with Crippen LogP contribution in [0.3, 0.4) is 0 Å². The van der Waals surface area contributed by atoms with Crippen molar-refractivity contribution >= 4 is 0 Å². The Morgan fingerprint density at radius 1 is 1.19 bits per heavy atom. The molecular formula is C21H30N4O2. The van der Waals surface area contributed by atoms with Crippen molar-refractivity contribution in [3.8, 4) is 0 Å². The van der Waals surface area contributed by atoms with Crippen molar-refractivity contribution < 1.29 is 4.52 Å². The van der Waals surface area contributed by atoms with Gasteiger partial charge in [-0.1, -0.05) is 25.9 Å². The maximum Gasteiger partial charge on any atom is 0.266 e. The number of hydrogen-bond donors (Lipinski definition) is 0. The van der Waals surface area contributed by atoms with Crippen LogP contribution < -0.4 is 5.56 Å². The summed E-state index contributed by atoms with van der Waals surface area (Å²) in [6.45, 7) is 8.87. The maximum absolute atomic E-state index is 12.4. The lowest BCUT2D eigenvalue weighted by Gasteiger charge is -2.25. The first-order chi connectivity index (χ1) is 12.9. The van der Waals surface area contributed by atoms with Gasteiger partial charge >= 0.3 is 0 Å². The van der Waals surface area contributed by atoms with Crippen LogP contribution in [0.25, 0.3) is 0 Å². The van der Waals surface area contributed by atoms with Gasteiger partial charge in [-0.15, -0.1) is 0 Å². The molecular weight excluding hydrogens is 340 g/mol. The van der Waals surface area contributed by atoms with Crippen LogP contribution in [0.4, 0.5) is 0 Å². The molecule has 27 heavy (non-hydrogen) atoms. The van der Waals surface area contributed by atoms with E-state index in [0.29, 0.717) is 12.6 Å². The molecule has 0 bridgehead atoms. The van der Waals surface area contributed by atoms with Gasteiger partial charge in [0, 0.05) is 36.1 Å². The fourth-order valence-electron chi connectivity index (χ4n) is 4.25. The molecule has 146 valence electrons. The monoisotopic (exact) mass is 370 g/mol. The molecule has 0 N–H and O–H groups in total. The van der Waals surface area contributed by atoms with E-state index in [1.165, 1.54) is 18.4 Å². The van der Waals surface area contributed by atoms with Crippen molar-refractivity contribution in [2.24, 2.45) is 0 Å². The molecule has 0 radical (unpaired) electrons. The number of rotatable bonds is 4. The zero-order chi connectivity index (χ0) is 19.0. The van der Waals surface area contributed by atoms with Crippen LogP contribution in [0.5, 0.6) is 0 Å². The van der Waals surface area contributed by atoms with E-state index in [2.05, 4.69) is 35.9 Å². The molecule has 1 saturated heterocycles. The number of likely N-dealkylation sites (tertiary alicyclic amines) is 1. The van der Waals surface area contributed by atoms with Crippen LogP contribution in [-0.4, -0.2) is 32.4 Å². The Labute approximate surface area is 160 Å². The molecule has 0 amide bonds. The Hall–Kier alpha value is -1.95. The van der Waals surface area contributed by atoms with Crippen molar-refractivity contribution in [3.63, 3.8) is 0 Å². The smallest absolute Gasteiger partial charge is 0.266 e. The maximum atomic E-state index is 12.4. The van der Waals surface area contributed by atoms with Crippen LogP contribution in [0.1, 0.15) is 69.2 Å². The Morgan fingerprint density at radius 2 is 2.00 bits per heavy atom. The molecule has 1 aliphatic heterocycles. The zero-order valence-corrected chi connectivity index (χ0v) is 16.7. The molecule has 0 spiro atoms. The normalized spacial score (nSPS) is 20.8. The van der Waals surface area contributed by atoms with E-state index in [-0.39, 0.29) is 11.0 Å². The molecule has 4 rings (SSSR count). The first-order valence-corrected chi connectivity index (χ1v) is 10.2. The molecule has 6 nitrogen and oxygen atoms in total. The summed E-state index contributed by atoms with van der Waals surface area (Å²) in [6.07, 6.45) is 6.77. The second-order valence-corrected chi connectivity index (χ2v) is 8.99. The second-order valence-electron chi connectivity index (χ2n) is 8.99. The van der Waals surface area contributed by atoms with E-state index in [1.807, 2.05) is 6.07 Å². The molecule has 2 aromatic rings. The average molecular weight is 370 g/mol. The summed E-state index contributed by atoms with van der Waals surface area (Å²) in [5.41, 5.74) is 3.30. The molecule has 0 aromatic carbocycles. The van der Waals surface area contributed by atoms with E-state index in [9.17, 15) is 4.79 Å². The minimum absolute atomic E-state index is 0.0198. The van der Waals surface area contributed by atoms with E-state index in [0.717, 1.165) is 55.9 Å². The predicted octanol–water partition coefficient (Wildman–Crippen LogP) is 3.07. The fraction of sp³-hybridized carbons (Fsp3) is 0.667. The SMILES string of the molecule is CC(C)(C)c1ccc(=O)n(CC2CCCN2Cc2noc3c2CCCC3)n1. The minimum Gasteiger partial charge on any atom is -0.361 e. The highest BCUT2D eigenvalue weighted by Gasteiger charge is 2.29. The first-order valence-electron chi connectivity index (χ1n) is 10.2. The van der Waals surface area contributed by atoms with Gasteiger partial charge in [0.15, 0.2) is 0 Å². The molecule has 1 atom stereocenters. The molecule has 2 aliphatic rings. The highest BCUT2D eigenvalue weighted by molar-refractivity contribution is 5.25. The number of aryl methyl sites for hydroxylation is 1. The number of fused-ring (bicyclic) bond motifs is 1. The fourth-order valence-corrected chi connectivity index (χ4v) is 4.25. The largest absolute Gasteiger partial charge is 0.361 e. The summed E-state index contributed by atoms with van der Waals surface area (Å²) in [4.78, 5) is 14.8. The summed E-state index contributed by atoms with van der Waals surface area (Å²) < 4.78 is 7.23. The lowest BCUT2D eigenvalue weighted by Crippen LogP contribution is -2.37. The van der Waals surface area contributed by atoms with Crippen molar-refractivity contribution in [1.82, 2.24) is 19.8 Å². The number of nitrogens with zero attached hydrogens (tertiary/aromatic N) is 4. The topological polar surface area (TPSA) is 64.2 Å². The second kappa shape index (κ2) is 7.23. The van der Waals surface area contributed by atoms with E-state index in [4.69, 9.17) is 4.52 Å². The molecule has 0 saturated carbocycles. The Balaban J connectivity index is 1.51. The summed E-state index contributed by atoms with van der Waals surface area (Å²) in [5.74, 6) is 1.09. The van der Waals surface area contributed by atoms with E-state index >= 15 is 0 Å². The highest BCUT2D eigenvalue weighted by atomic mass is 16.5. The first kappa shape index (κ1) is 18.4. The van der Waals surface area contributed by atoms with Gasteiger partial charge in [-0.3, -0.25) is 9.69 Å². The molecule has 3 heterocycles. The van der Waals surface area contributed by atoms with Gasteiger partial charge in [0.1, 0.15) is 11.5 Å². The lowest BCUT2D eigenvalue weighted by molar-refractivity contribution is 0.209. The average Bonchev–Trinajstić information content (AvgIpc) is 3.24. The van der Waals surface area contributed by atoms with E-state index < -0.39 is 0 Å². The van der Waals surface area contributed by atoms with Crippen molar-refractivity contribution in [2.75, 3.05) is 6.54 Å². The quantitative estimate of drug-likeness (QED) is 0.828. The third kappa shape index (κ3) is 3.86. The van der Waals surface area contributed by atoms with Crippen LogP contribution >= 0.6 is 0 Å². The molecule has 1 unspecified atom stereocenters. The highest BCUT2D eigenvalue weighted by Crippen LogP contribution is 2.28. The van der Waals surface area contributed by atoms with Gasteiger partial charge in [0.05, 0.1) is 12.2 Å². The molecule has 6 heteroatoms. The third-order valence-corrected chi connectivity index (χ3v) is 5.90. The van der Waals surface area contributed by atoms with Gasteiger partial charge in [0.2, 0.25) is 0 Å². The summed E-state index contributed by atoms with van der Waals surface area (Å²) in [6, 6.07) is 3.83. The molecule has 1 fully saturated rings. The minimum atomic E-state index is -0.0649. The number of aromatic nitrogens is 3. The summed E-state index contributed by atoms with van der Waals surface area (Å²) in [5, 5.41) is 9.02. The van der Waals surface area contributed by atoms with Gasteiger partial charge in [-0.05, 0) is 44.7 Å². The van der Waals surface area contributed by atoms with Gasteiger partial charge in [-0.2, -0.15) is 5.10 Å². The van der Waals surface area contributed by atoms with Gasteiger partial charge in [0.25, 0.3) is 5.56 Å². The van der Waals surface area contributed by atoms with Crippen LogP contribution in [0.2, 0.25) is 0 Å². The Bertz CT molecular complexity index is 862. The standard InChI is InChI=1S/C21H30N4O2/c1-21(2,3)19-10-11-20(26)25(22-19)13-15-7-6-12-24(15)14-17-16-8-4-5-9-18(16)27-23-17/h10-11,15H,4-9,12-14H2,1-3H3. The zero-order valence-electron chi connectivity index (χ0n) is 16.7. The van der Waals surface area contributed by atoms with Crippen molar-refractivity contribution in [3.05, 3.63) is 45.2 Å². The van der Waals surface area contributed by atoms with Gasteiger partial charge < -0.3 is 4.52 Å². The number of hydrogen-bond acceptors (Lipinski definition) is 5. The predicted molar refractivity (Wildman–Crippen MR) is 104 cm³/mol. The lowest BCUT2D eigenvalue weighted by atomic mass is 9.92. The van der Waals surface area contributed by atoms with E-state index in [1.54, 1.807) is 10.7 Å². The van der Waals surface area contributed by atoms with Gasteiger partial charge in [-0.25, -0.2) is 4.68 Å². The summed E-state index contributed by atoms with van der Waals surface area (Å²) >= 11 is 0. The van der Waals surface area contributed by atoms with Crippen LogP contribution in [-0.2, 0) is 31.3 Å².